The molecule has 0 unspecified atom stereocenters. The zero-order valence-corrected chi connectivity index (χ0v) is 68.3. The van der Waals surface area contributed by atoms with Gasteiger partial charge in [0.25, 0.3) is 0 Å². The van der Waals surface area contributed by atoms with E-state index in [0.29, 0.717) is 0 Å². The van der Waals surface area contributed by atoms with Crippen LogP contribution in [0, 0.1) is 0 Å². The molecular formula is C120H76S2. The maximum atomic E-state index is 2.43. The molecule has 0 aliphatic heterocycles. The van der Waals surface area contributed by atoms with Gasteiger partial charge >= 0.3 is 0 Å². The maximum Gasteiger partial charge on any atom is 0.0434 e. The summed E-state index contributed by atoms with van der Waals surface area (Å²) in [5.41, 5.74) is 29.6. The molecule has 0 spiro atoms. The van der Waals surface area contributed by atoms with Crippen LogP contribution < -0.4 is 0 Å². The van der Waals surface area contributed by atoms with Gasteiger partial charge in [0.2, 0.25) is 0 Å². The van der Waals surface area contributed by atoms with Gasteiger partial charge in [-0.2, -0.15) is 0 Å². The average molecular weight is 1580 g/mol. The molecule has 0 nitrogen and oxygen atoms in total. The van der Waals surface area contributed by atoms with E-state index in [1.54, 1.807) is 0 Å². The largest absolute Gasteiger partial charge is 0.135 e. The van der Waals surface area contributed by atoms with Crippen LogP contribution in [0.4, 0.5) is 0 Å². The lowest BCUT2D eigenvalue weighted by atomic mass is 9.89. The summed E-state index contributed by atoms with van der Waals surface area (Å²) in [6.07, 6.45) is 0. The number of thiophene rings is 2. The van der Waals surface area contributed by atoms with Gasteiger partial charge in [-0.1, -0.05) is 400 Å². The Morgan fingerprint density at radius 3 is 0.828 bits per heavy atom. The molecule has 0 amide bonds. The minimum Gasteiger partial charge on any atom is -0.135 e. The van der Waals surface area contributed by atoms with Crippen LogP contribution in [-0.2, 0) is 0 Å². The molecule has 0 radical (unpaired) electrons. The molecule has 2 aromatic heterocycles. The average Bonchev–Trinajstić information content (AvgIpc) is 1.27. The van der Waals surface area contributed by atoms with Crippen LogP contribution in [0.3, 0.4) is 0 Å². The molecule has 2 heteroatoms. The van der Waals surface area contributed by atoms with Crippen molar-refractivity contribution in [2.45, 2.75) is 0 Å². The van der Waals surface area contributed by atoms with Crippen molar-refractivity contribution in [3.63, 3.8) is 0 Å². The Morgan fingerprint density at radius 1 is 0.107 bits per heavy atom. The van der Waals surface area contributed by atoms with Gasteiger partial charge in [0, 0.05) is 51.5 Å². The van der Waals surface area contributed by atoms with Gasteiger partial charge in [0.1, 0.15) is 0 Å². The molecule has 0 bridgehead atoms. The quantitative estimate of drug-likeness (QED) is 0.107. The smallest absolute Gasteiger partial charge is 0.0434 e. The number of benzene rings is 22. The van der Waals surface area contributed by atoms with Crippen molar-refractivity contribution in [3.8, 4) is 134 Å². The van der Waals surface area contributed by atoms with Gasteiger partial charge in [0.05, 0.1) is 0 Å². The fourth-order valence-corrected chi connectivity index (χ4v) is 21.3. The van der Waals surface area contributed by atoms with E-state index in [1.165, 1.54) is 239 Å². The Bertz CT molecular complexity index is 8180. The third-order valence-electron chi connectivity index (χ3n) is 25.0. The minimum absolute atomic E-state index is 1.20. The molecule has 568 valence electrons. The Morgan fingerprint density at radius 2 is 0.377 bits per heavy atom. The van der Waals surface area contributed by atoms with Gasteiger partial charge < -0.3 is 0 Å². The second kappa shape index (κ2) is 30.6. The molecular weight excluding hydrogens is 1510 g/mol. The van der Waals surface area contributed by atoms with E-state index in [0.717, 1.165) is 0 Å². The van der Waals surface area contributed by atoms with E-state index in [1.807, 2.05) is 22.7 Å². The summed E-state index contributed by atoms with van der Waals surface area (Å²) in [7, 11) is 0. The molecule has 0 fully saturated rings. The summed E-state index contributed by atoms with van der Waals surface area (Å²) in [4.78, 5) is 0. The first-order valence-corrected chi connectivity index (χ1v) is 43.6. The van der Waals surface area contributed by atoms with Crippen molar-refractivity contribution < 1.29 is 0 Å². The van der Waals surface area contributed by atoms with Crippen molar-refractivity contribution in [1.82, 2.24) is 0 Å². The van der Waals surface area contributed by atoms with Crippen LogP contribution in [0.5, 0.6) is 0 Å². The van der Waals surface area contributed by atoms with Crippen LogP contribution in [0.15, 0.2) is 461 Å². The molecule has 22 aromatic carbocycles. The molecule has 0 saturated carbocycles. The van der Waals surface area contributed by atoms with Crippen LogP contribution >= 0.6 is 22.7 Å². The Kier molecular flexibility index (Phi) is 18.1. The van der Waals surface area contributed by atoms with E-state index in [9.17, 15) is 0 Å². The second-order valence-electron chi connectivity index (χ2n) is 32.0. The molecule has 0 atom stereocenters. The molecule has 24 aromatic rings. The van der Waals surface area contributed by atoms with E-state index in [4.69, 9.17) is 0 Å². The molecule has 122 heavy (non-hydrogen) atoms. The van der Waals surface area contributed by atoms with Crippen LogP contribution in [0.2, 0.25) is 0 Å². The lowest BCUT2D eigenvalue weighted by molar-refractivity contribution is 1.59. The molecule has 2 heterocycles. The third-order valence-corrected chi connectivity index (χ3v) is 27.4. The van der Waals surface area contributed by atoms with Crippen LogP contribution in [0.1, 0.15) is 0 Å². The summed E-state index contributed by atoms with van der Waals surface area (Å²) in [5, 5.41) is 20.5. The molecule has 0 aliphatic rings. The minimum atomic E-state index is 1.20. The summed E-state index contributed by atoms with van der Waals surface area (Å²) < 4.78 is 5.20. The van der Waals surface area contributed by atoms with E-state index >= 15 is 0 Å². The second-order valence-corrected chi connectivity index (χ2v) is 34.1. The molecule has 0 saturated heterocycles. The number of hydrogen-bond donors (Lipinski definition) is 0. The van der Waals surface area contributed by atoms with Gasteiger partial charge in [0.15, 0.2) is 0 Å². The van der Waals surface area contributed by atoms with Crippen molar-refractivity contribution in [3.05, 3.63) is 461 Å². The Hall–Kier alpha value is -15.2. The van der Waals surface area contributed by atoms with Crippen LogP contribution in [0.25, 0.3) is 239 Å². The lowest BCUT2D eigenvalue weighted by Crippen LogP contribution is -1.88. The number of hydrogen-bond acceptors (Lipinski definition) is 2. The number of fused-ring (bicyclic) bond motifs is 14. The topological polar surface area (TPSA) is 0 Å². The standard InChI is InChI=1S/C64H40S.C56H36S/c1-4-16-52-43(11-1)14-9-21-54(52)45-27-23-41(24-28-45)49-35-36-63-61(37-49)62-40-51(42-25-29-46(30-26-42)55-22-10-15-44-12-2-5-17-53(44)55)39-60(64(62)65-63)48-33-31-47(32-34-48)59-38-50-13-3-6-18-56(50)57-19-7-8-20-58(57)59;1-3-15-37(16-4-1)44-20-9-11-22-46(44)42-31-32-55-53(34-42)54-36-43(48-24-12-10-21-45(48)38-17-5-2-6-18-38)35-52(56(54)57-55)40-29-27-39(28-30-40)51-33-41-19-7-8-23-47(41)49-25-13-14-26-50(49)51/h1-40H;1-36H. The summed E-state index contributed by atoms with van der Waals surface area (Å²) >= 11 is 3.79. The molecule has 0 aliphatic carbocycles. The normalized spacial score (nSPS) is 11.6. The van der Waals surface area contributed by atoms with Gasteiger partial charge in [-0.05, 0) is 248 Å². The highest BCUT2D eigenvalue weighted by molar-refractivity contribution is 7.26. The van der Waals surface area contributed by atoms with E-state index in [-0.39, 0.29) is 0 Å². The highest BCUT2D eigenvalue weighted by atomic mass is 32.1. The van der Waals surface area contributed by atoms with Crippen molar-refractivity contribution in [2.75, 3.05) is 0 Å². The summed E-state index contributed by atoms with van der Waals surface area (Å²) in [6, 6.07) is 170. The highest BCUT2D eigenvalue weighted by Crippen LogP contribution is 2.50. The van der Waals surface area contributed by atoms with Crippen molar-refractivity contribution >= 4 is 128 Å². The first kappa shape index (κ1) is 72.1. The fraction of sp³-hybridized carbons (Fsp3) is 0. The first-order valence-electron chi connectivity index (χ1n) is 42.0. The molecule has 24 rings (SSSR count). The van der Waals surface area contributed by atoms with E-state index < -0.39 is 0 Å². The molecule has 0 N–H and O–H groups in total. The third kappa shape index (κ3) is 13.0. The maximum absolute atomic E-state index is 2.43. The van der Waals surface area contributed by atoms with Gasteiger partial charge in [-0.3, -0.25) is 0 Å². The van der Waals surface area contributed by atoms with Gasteiger partial charge in [-0.25, -0.2) is 0 Å². The van der Waals surface area contributed by atoms with Crippen molar-refractivity contribution in [2.24, 2.45) is 0 Å². The Labute approximate surface area is 716 Å². The Balaban J connectivity index is 0.000000143. The SMILES string of the molecule is c1ccc(-c2ccccc2-c2ccc3sc4c(-c5ccc(-c6cc7ccccc7c7ccccc67)cc5)cc(-c5ccccc5-c5ccccc5)cc4c3c2)cc1.c1ccc2c(-c3ccc(-c4ccc5sc6c(-c7ccc(-c8cc9ccccc9c9ccccc89)cc7)cc(-c7ccc(-c8cccc9ccccc89)cc7)cc6c5c4)cc3)cccc2c1. The zero-order chi connectivity index (χ0) is 80.6. The monoisotopic (exact) mass is 1580 g/mol. The summed E-state index contributed by atoms with van der Waals surface area (Å²) in [6.45, 7) is 0. The summed E-state index contributed by atoms with van der Waals surface area (Å²) in [5.74, 6) is 0. The highest BCUT2D eigenvalue weighted by Gasteiger charge is 2.22. The number of rotatable bonds is 12. The lowest BCUT2D eigenvalue weighted by Gasteiger charge is -2.14. The first-order chi connectivity index (χ1) is 60.5. The predicted octanol–water partition coefficient (Wildman–Crippen LogP) is 35.0. The van der Waals surface area contributed by atoms with Crippen molar-refractivity contribution in [1.29, 1.82) is 0 Å². The van der Waals surface area contributed by atoms with Crippen LogP contribution in [-0.4, -0.2) is 0 Å². The predicted molar refractivity (Wildman–Crippen MR) is 529 cm³/mol. The fourth-order valence-electron chi connectivity index (χ4n) is 18.9. The van der Waals surface area contributed by atoms with Gasteiger partial charge in [-0.15, -0.1) is 22.7 Å². The van der Waals surface area contributed by atoms with E-state index in [2.05, 4.69) is 461 Å². The zero-order valence-electron chi connectivity index (χ0n) is 66.7.